The lowest BCUT2D eigenvalue weighted by Crippen LogP contribution is -2.46. The molecule has 144 valence electrons. The summed E-state index contributed by atoms with van der Waals surface area (Å²) >= 11 is 0. The largest absolute Gasteiger partial charge is 0.480 e. The molecule has 1 atom stereocenters. The Labute approximate surface area is 160 Å². The molecule has 1 heterocycles. The smallest absolute Gasteiger partial charge is 0.413 e. The molecule has 3 aromatic rings. The third kappa shape index (κ3) is 4.88. The normalized spacial score (nSPS) is 11.6. The fourth-order valence-electron chi connectivity index (χ4n) is 2.75. The number of amides is 2. The minimum atomic E-state index is -1.16. The van der Waals surface area contributed by atoms with Crippen LogP contribution in [0.5, 0.6) is 5.75 Å². The number of carbonyl (C=O) groups excluding carboxylic acids is 2. The average molecular weight is 381 g/mol. The van der Waals surface area contributed by atoms with Crippen molar-refractivity contribution in [1.82, 2.24) is 15.6 Å². The van der Waals surface area contributed by atoms with Crippen LogP contribution in [0.2, 0.25) is 0 Å². The van der Waals surface area contributed by atoms with Crippen LogP contribution < -0.4 is 15.4 Å². The number of para-hydroxylation sites is 2. The Bertz CT molecular complexity index is 984. The number of nitrogens with one attached hydrogen (secondary N) is 3. The lowest BCUT2D eigenvalue weighted by atomic mass is 10.1. The van der Waals surface area contributed by atoms with Gasteiger partial charge in [-0.2, -0.15) is 0 Å². The Morgan fingerprint density at radius 1 is 1.04 bits per heavy atom. The van der Waals surface area contributed by atoms with Gasteiger partial charge in [-0.1, -0.05) is 36.4 Å². The highest BCUT2D eigenvalue weighted by atomic mass is 16.6. The lowest BCUT2D eigenvalue weighted by Gasteiger charge is -2.14. The first-order valence-corrected chi connectivity index (χ1v) is 8.61. The molecule has 1 aromatic heterocycles. The van der Waals surface area contributed by atoms with E-state index in [1.165, 1.54) is 0 Å². The van der Waals surface area contributed by atoms with E-state index in [9.17, 15) is 19.5 Å². The van der Waals surface area contributed by atoms with E-state index >= 15 is 0 Å². The molecule has 0 spiro atoms. The fraction of sp³-hybridized carbons (Fsp3) is 0.150. The number of benzene rings is 2. The predicted molar refractivity (Wildman–Crippen MR) is 102 cm³/mol. The van der Waals surface area contributed by atoms with E-state index in [0.29, 0.717) is 5.75 Å². The molecule has 4 N–H and O–H groups in total. The molecular weight excluding hydrogens is 362 g/mol. The van der Waals surface area contributed by atoms with Crippen molar-refractivity contribution in [3.8, 4) is 5.75 Å². The van der Waals surface area contributed by atoms with Crippen molar-refractivity contribution in [1.29, 1.82) is 0 Å². The number of carboxylic acid groups (broad SMARTS) is 1. The number of hydrogen-bond acceptors (Lipinski definition) is 4. The monoisotopic (exact) mass is 381 g/mol. The molecule has 0 saturated carbocycles. The first kappa shape index (κ1) is 19.0. The van der Waals surface area contributed by atoms with E-state index in [1.807, 2.05) is 24.3 Å². The van der Waals surface area contributed by atoms with Gasteiger partial charge in [0.2, 0.25) is 5.91 Å². The fourth-order valence-corrected chi connectivity index (χ4v) is 2.75. The van der Waals surface area contributed by atoms with Crippen LogP contribution in [0.1, 0.15) is 5.56 Å². The number of hydrogen-bond donors (Lipinski definition) is 4. The molecule has 0 unspecified atom stereocenters. The van der Waals surface area contributed by atoms with Crippen LogP contribution in [-0.2, 0) is 16.0 Å². The van der Waals surface area contributed by atoms with Gasteiger partial charge in [0.05, 0.1) is 0 Å². The molecule has 0 aliphatic heterocycles. The van der Waals surface area contributed by atoms with E-state index < -0.39 is 30.6 Å². The number of aromatic amines is 1. The average Bonchev–Trinajstić information content (AvgIpc) is 3.09. The van der Waals surface area contributed by atoms with Gasteiger partial charge >= 0.3 is 12.1 Å². The van der Waals surface area contributed by atoms with Crippen LogP contribution in [0.4, 0.5) is 4.79 Å². The molecule has 2 aromatic carbocycles. The third-order valence-corrected chi connectivity index (χ3v) is 4.08. The zero-order valence-electron chi connectivity index (χ0n) is 14.8. The van der Waals surface area contributed by atoms with Gasteiger partial charge < -0.3 is 25.5 Å². The van der Waals surface area contributed by atoms with Crippen LogP contribution in [0.25, 0.3) is 10.9 Å². The summed E-state index contributed by atoms with van der Waals surface area (Å²) in [6.45, 7) is -0.399. The molecule has 0 fully saturated rings. The molecule has 3 rings (SSSR count). The minimum absolute atomic E-state index is 0.111. The Kier molecular flexibility index (Phi) is 5.91. The van der Waals surface area contributed by atoms with Gasteiger partial charge in [0.25, 0.3) is 0 Å². The number of carboxylic acids is 1. The van der Waals surface area contributed by atoms with Crippen molar-refractivity contribution < 1.29 is 24.2 Å². The summed E-state index contributed by atoms with van der Waals surface area (Å²) in [6.07, 6.45) is 1.03. The second kappa shape index (κ2) is 8.72. The highest BCUT2D eigenvalue weighted by Gasteiger charge is 2.22. The summed E-state index contributed by atoms with van der Waals surface area (Å²) in [5.41, 5.74) is 1.66. The van der Waals surface area contributed by atoms with Crippen LogP contribution in [0.15, 0.2) is 60.8 Å². The van der Waals surface area contributed by atoms with Crippen molar-refractivity contribution in [3.63, 3.8) is 0 Å². The maximum absolute atomic E-state index is 12.1. The molecule has 8 nitrogen and oxygen atoms in total. The second-order valence-electron chi connectivity index (χ2n) is 6.08. The van der Waals surface area contributed by atoms with Gasteiger partial charge in [-0.3, -0.25) is 4.79 Å². The van der Waals surface area contributed by atoms with E-state index in [1.54, 1.807) is 36.5 Å². The molecule has 0 aliphatic rings. The Morgan fingerprint density at radius 3 is 2.50 bits per heavy atom. The van der Waals surface area contributed by atoms with Crippen molar-refractivity contribution in [3.05, 3.63) is 66.4 Å². The van der Waals surface area contributed by atoms with Gasteiger partial charge in [0, 0.05) is 23.5 Å². The Morgan fingerprint density at radius 2 is 1.75 bits per heavy atom. The summed E-state index contributed by atoms with van der Waals surface area (Å²) in [4.78, 5) is 38.4. The maximum atomic E-state index is 12.1. The zero-order valence-corrected chi connectivity index (χ0v) is 14.8. The lowest BCUT2D eigenvalue weighted by molar-refractivity contribution is -0.141. The molecule has 0 aliphatic carbocycles. The molecule has 0 saturated heterocycles. The molecule has 0 radical (unpaired) electrons. The Hall–Kier alpha value is -3.81. The first-order chi connectivity index (χ1) is 13.5. The van der Waals surface area contributed by atoms with Gasteiger partial charge in [0.1, 0.15) is 18.3 Å². The van der Waals surface area contributed by atoms with Gasteiger partial charge in [-0.25, -0.2) is 9.59 Å². The quantitative estimate of drug-likeness (QED) is 0.499. The van der Waals surface area contributed by atoms with E-state index in [2.05, 4.69) is 15.6 Å². The van der Waals surface area contributed by atoms with Crippen LogP contribution in [-0.4, -0.2) is 40.6 Å². The number of rotatable bonds is 7. The van der Waals surface area contributed by atoms with Gasteiger partial charge in [-0.15, -0.1) is 0 Å². The highest BCUT2D eigenvalue weighted by Crippen LogP contribution is 2.19. The molecular formula is C20H19N3O5. The SMILES string of the molecule is O=C(CNC(=O)Oc1ccccc1)N[C@@H](Cc1c[nH]c2ccccc12)C(=O)O. The summed E-state index contributed by atoms with van der Waals surface area (Å²) in [5.74, 6) is -1.45. The number of H-pyrrole nitrogens is 1. The molecule has 28 heavy (non-hydrogen) atoms. The van der Waals surface area contributed by atoms with Crippen LogP contribution >= 0.6 is 0 Å². The van der Waals surface area contributed by atoms with Crippen molar-refractivity contribution >= 4 is 28.9 Å². The highest BCUT2D eigenvalue weighted by molar-refractivity contribution is 5.88. The first-order valence-electron chi connectivity index (χ1n) is 8.61. The summed E-state index contributed by atoms with van der Waals surface area (Å²) < 4.78 is 5.00. The van der Waals surface area contributed by atoms with Crippen molar-refractivity contribution in [2.45, 2.75) is 12.5 Å². The molecule has 8 heteroatoms. The molecule has 0 bridgehead atoms. The summed E-state index contributed by atoms with van der Waals surface area (Å²) in [5, 5.41) is 15.0. The van der Waals surface area contributed by atoms with Gasteiger partial charge in [0.15, 0.2) is 0 Å². The molecule has 2 amide bonds. The van der Waals surface area contributed by atoms with Crippen molar-refractivity contribution in [2.24, 2.45) is 0 Å². The maximum Gasteiger partial charge on any atom is 0.413 e. The Balaban J connectivity index is 1.54. The van der Waals surface area contributed by atoms with Crippen molar-refractivity contribution in [2.75, 3.05) is 6.54 Å². The number of aromatic nitrogens is 1. The van der Waals surface area contributed by atoms with E-state index in [0.717, 1.165) is 16.5 Å². The van der Waals surface area contributed by atoms with E-state index in [-0.39, 0.29) is 6.42 Å². The number of aliphatic carboxylic acids is 1. The predicted octanol–water partition coefficient (Wildman–Crippen LogP) is 2.07. The minimum Gasteiger partial charge on any atom is -0.480 e. The van der Waals surface area contributed by atoms with Gasteiger partial charge in [-0.05, 0) is 23.8 Å². The summed E-state index contributed by atoms with van der Waals surface area (Å²) in [7, 11) is 0. The zero-order chi connectivity index (χ0) is 19.9. The summed E-state index contributed by atoms with van der Waals surface area (Å²) in [6, 6.07) is 14.8. The van der Waals surface area contributed by atoms with E-state index in [4.69, 9.17) is 4.74 Å². The number of carbonyl (C=O) groups is 3. The van der Waals surface area contributed by atoms with Crippen LogP contribution in [0.3, 0.4) is 0 Å². The van der Waals surface area contributed by atoms with Crippen LogP contribution in [0, 0.1) is 0 Å². The second-order valence-corrected chi connectivity index (χ2v) is 6.08. The third-order valence-electron chi connectivity index (χ3n) is 4.08. The standard InChI is InChI=1S/C20H19N3O5/c24-18(12-22-20(27)28-14-6-2-1-3-7-14)23-17(19(25)26)10-13-11-21-16-9-5-4-8-15(13)16/h1-9,11,17,21H,10,12H2,(H,22,27)(H,23,24)(H,25,26)/t17-/m0/s1. The number of ether oxygens (including phenoxy) is 1. The number of fused-ring (bicyclic) bond motifs is 1. The topological polar surface area (TPSA) is 121 Å².